The lowest BCUT2D eigenvalue weighted by atomic mass is 9.89. The molecule has 1 aliphatic carbocycles. The lowest BCUT2D eigenvalue weighted by molar-refractivity contribution is -0.120. The Bertz CT molecular complexity index is 769. The third kappa shape index (κ3) is 3.40. The molecule has 126 valence electrons. The number of aryl methyl sites for hydroxylation is 1. The number of nitrogens with one attached hydrogen (secondary N) is 3. The summed E-state index contributed by atoms with van der Waals surface area (Å²) < 4.78 is 5.29. The van der Waals surface area contributed by atoms with E-state index in [4.69, 9.17) is 4.74 Å². The van der Waals surface area contributed by atoms with Crippen molar-refractivity contribution in [3.8, 4) is 5.75 Å². The first-order valence-electron chi connectivity index (χ1n) is 7.84. The quantitative estimate of drug-likeness (QED) is 0.801. The Kier molecular flexibility index (Phi) is 4.50. The van der Waals surface area contributed by atoms with Crippen LogP contribution in [0.25, 0.3) is 0 Å². The molecule has 0 saturated carbocycles. The van der Waals surface area contributed by atoms with Crippen LogP contribution in [-0.4, -0.2) is 28.9 Å². The molecule has 1 aliphatic rings. The summed E-state index contributed by atoms with van der Waals surface area (Å²) in [6.45, 7) is 1.44. The van der Waals surface area contributed by atoms with Crippen LogP contribution in [0.15, 0.2) is 24.5 Å². The van der Waals surface area contributed by atoms with Crippen molar-refractivity contribution in [2.75, 3.05) is 17.7 Å². The largest absolute Gasteiger partial charge is 0.495 e. The lowest BCUT2D eigenvalue weighted by Gasteiger charge is -2.21. The van der Waals surface area contributed by atoms with Gasteiger partial charge in [0.05, 0.1) is 24.8 Å². The molecule has 0 saturated heterocycles. The van der Waals surface area contributed by atoms with E-state index >= 15 is 0 Å². The van der Waals surface area contributed by atoms with Crippen LogP contribution in [0, 0.1) is 5.92 Å². The molecule has 1 atom stereocenters. The van der Waals surface area contributed by atoms with E-state index in [9.17, 15) is 9.59 Å². The van der Waals surface area contributed by atoms with E-state index in [1.54, 1.807) is 31.6 Å². The number of aromatic nitrogens is 2. The zero-order chi connectivity index (χ0) is 17.1. The Balaban J connectivity index is 1.75. The number of H-pyrrole nitrogens is 1. The maximum absolute atomic E-state index is 12.6. The Morgan fingerprint density at radius 1 is 1.33 bits per heavy atom. The number of methoxy groups -OCH3 is 1. The highest BCUT2D eigenvalue weighted by Crippen LogP contribution is 2.30. The van der Waals surface area contributed by atoms with E-state index in [2.05, 4.69) is 20.6 Å². The molecule has 3 N–H and O–H groups in total. The topological polar surface area (TPSA) is 96.1 Å². The number of amides is 2. The number of hydrogen-bond donors (Lipinski definition) is 3. The number of nitrogens with zero attached hydrogens (tertiary/aromatic N) is 1. The van der Waals surface area contributed by atoms with E-state index in [0.717, 1.165) is 24.2 Å². The standard InChI is InChI=1S/C17H20N4O3/c1-10(22)20-12-4-6-16(24-2)15(8-12)21-17(23)11-3-5-13-14(7-11)19-9-18-13/h4,6,8-9,11H,3,5,7H2,1-2H3,(H,18,19)(H,20,22)(H,21,23). The second-order valence-electron chi connectivity index (χ2n) is 5.85. The normalized spacial score (nSPS) is 16.2. The van der Waals surface area contributed by atoms with Gasteiger partial charge in [-0.3, -0.25) is 9.59 Å². The zero-order valence-corrected chi connectivity index (χ0v) is 13.7. The first-order valence-corrected chi connectivity index (χ1v) is 7.84. The van der Waals surface area contributed by atoms with E-state index in [1.165, 1.54) is 6.92 Å². The van der Waals surface area contributed by atoms with Crippen molar-refractivity contribution in [3.63, 3.8) is 0 Å². The highest BCUT2D eigenvalue weighted by molar-refractivity contribution is 5.96. The van der Waals surface area contributed by atoms with Gasteiger partial charge in [0.15, 0.2) is 0 Å². The number of rotatable bonds is 4. The third-order valence-corrected chi connectivity index (χ3v) is 4.14. The van der Waals surface area contributed by atoms with E-state index in [0.29, 0.717) is 23.5 Å². The van der Waals surface area contributed by atoms with Gasteiger partial charge in [-0.05, 0) is 31.0 Å². The van der Waals surface area contributed by atoms with Crippen molar-refractivity contribution in [1.82, 2.24) is 9.97 Å². The number of fused-ring (bicyclic) bond motifs is 1. The molecule has 0 spiro atoms. The molecule has 0 bridgehead atoms. The van der Waals surface area contributed by atoms with Crippen LogP contribution in [-0.2, 0) is 22.4 Å². The fourth-order valence-electron chi connectivity index (χ4n) is 2.95. The van der Waals surface area contributed by atoms with Gasteiger partial charge in [-0.15, -0.1) is 0 Å². The predicted octanol–water partition coefficient (Wildman–Crippen LogP) is 2.12. The molecule has 0 radical (unpaired) electrons. The smallest absolute Gasteiger partial charge is 0.227 e. The minimum atomic E-state index is -0.170. The van der Waals surface area contributed by atoms with Crippen LogP contribution in [0.5, 0.6) is 5.75 Å². The Hall–Kier alpha value is -2.83. The number of anilines is 2. The van der Waals surface area contributed by atoms with E-state index in [-0.39, 0.29) is 17.7 Å². The number of carbonyl (C=O) groups is 2. The minimum Gasteiger partial charge on any atom is -0.495 e. The number of hydrogen-bond acceptors (Lipinski definition) is 4. The van der Waals surface area contributed by atoms with Crippen molar-refractivity contribution in [2.45, 2.75) is 26.2 Å². The maximum atomic E-state index is 12.6. The van der Waals surface area contributed by atoms with Crippen molar-refractivity contribution in [1.29, 1.82) is 0 Å². The Labute approximate surface area is 139 Å². The predicted molar refractivity (Wildman–Crippen MR) is 90.0 cm³/mol. The number of carbonyl (C=O) groups excluding carboxylic acids is 2. The Morgan fingerprint density at radius 2 is 2.17 bits per heavy atom. The van der Waals surface area contributed by atoms with Gasteiger partial charge < -0.3 is 20.4 Å². The van der Waals surface area contributed by atoms with Gasteiger partial charge in [0, 0.05) is 30.6 Å². The fraction of sp³-hybridized carbons (Fsp3) is 0.353. The van der Waals surface area contributed by atoms with Gasteiger partial charge >= 0.3 is 0 Å². The van der Waals surface area contributed by atoms with Gasteiger partial charge in [0.2, 0.25) is 11.8 Å². The van der Waals surface area contributed by atoms with Crippen molar-refractivity contribution in [2.24, 2.45) is 5.92 Å². The number of aromatic amines is 1. The monoisotopic (exact) mass is 328 g/mol. The summed E-state index contributed by atoms with van der Waals surface area (Å²) in [5.41, 5.74) is 3.23. The molecule has 24 heavy (non-hydrogen) atoms. The van der Waals surface area contributed by atoms with E-state index in [1.807, 2.05) is 0 Å². The summed E-state index contributed by atoms with van der Waals surface area (Å²) >= 11 is 0. The van der Waals surface area contributed by atoms with Gasteiger partial charge in [-0.25, -0.2) is 4.98 Å². The summed E-state index contributed by atoms with van der Waals surface area (Å²) in [4.78, 5) is 31.2. The lowest BCUT2D eigenvalue weighted by Crippen LogP contribution is -2.28. The first-order chi connectivity index (χ1) is 11.6. The van der Waals surface area contributed by atoms with Crippen LogP contribution in [0.1, 0.15) is 24.7 Å². The van der Waals surface area contributed by atoms with Gasteiger partial charge in [-0.2, -0.15) is 0 Å². The SMILES string of the molecule is COc1ccc(NC(C)=O)cc1NC(=O)C1CCc2nc[nH]c2C1. The maximum Gasteiger partial charge on any atom is 0.227 e. The molecule has 7 heteroatoms. The summed E-state index contributed by atoms with van der Waals surface area (Å²) in [6.07, 6.45) is 3.87. The summed E-state index contributed by atoms with van der Waals surface area (Å²) in [5.74, 6) is 0.201. The van der Waals surface area contributed by atoms with Crippen molar-refractivity contribution >= 4 is 23.2 Å². The molecular formula is C17H20N4O3. The van der Waals surface area contributed by atoms with Crippen LogP contribution in [0.2, 0.25) is 0 Å². The Morgan fingerprint density at radius 3 is 2.92 bits per heavy atom. The molecule has 0 aliphatic heterocycles. The van der Waals surface area contributed by atoms with Crippen molar-refractivity contribution < 1.29 is 14.3 Å². The number of benzene rings is 1. The van der Waals surface area contributed by atoms with Crippen LogP contribution >= 0.6 is 0 Å². The van der Waals surface area contributed by atoms with Gasteiger partial charge in [0.1, 0.15) is 5.75 Å². The molecule has 1 aromatic heterocycles. The number of imidazole rings is 1. The minimum absolute atomic E-state index is 0.0616. The number of ether oxygens (including phenoxy) is 1. The van der Waals surface area contributed by atoms with Crippen molar-refractivity contribution in [3.05, 3.63) is 35.9 Å². The highest BCUT2D eigenvalue weighted by atomic mass is 16.5. The van der Waals surface area contributed by atoms with Crippen LogP contribution in [0.4, 0.5) is 11.4 Å². The average Bonchev–Trinajstić information content (AvgIpc) is 3.02. The third-order valence-electron chi connectivity index (χ3n) is 4.14. The molecule has 3 rings (SSSR count). The molecule has 1 aromatic carbocycles. The van der Waals surface area contributed by atoms with Crippen LogP contribution < -0.4 is 15.4 Å². The van der Waals surface area contributed by atoms with Crippen LogP contribution in [0.3, 0.4) is 0 Å². The molecule has 1 unspecified atom stereocenters. The summed E-state index contributed by atoms with van der Waals surface area (Å²) in [7, 11) is 1.54. The summed E-state index contributed by atoms with van der Waals surface area (Å²) in [6, 6.07) is 5.14. The molecule has 7 nitrogen and oxygen atoms in total. The average molecular weight is 328 g/mol. The fourth-order valence-corrected chi connectivity index (χ4v) is 2.95. The molecule has 0 fully saturated rings. The first kappa shape index (κ1) is 16.0. The molecule has 2 aromatic rings. The van der Waals surface area contributed by atoms with E-state index < -0.39 is 0 Å². The highest BCUT2D eigenvalue weighted by Gasteiger charge is 2.26. The molecule has 2 amide bonds. The van der Waals surface area contributed by atoms with Gasteiger partial charge in [0.25, 0.3) is 0 Å². The summed E-state index contributed by atoms with van der Waals surface area (Å²) in [5, 5.41) is 5.62. The second kappa shape index (κ2) is 6.74. The molecular weight excluding hydrogens is 308 g/mol. The zero-order valence-electron chi connectivity index (χ0n) is 13.7. The van der Waals surface area contributed by atoms with Gasteiger partial charge in [-0.1, -0.05) is 0 Å². The second-order valence-corrected chi connectivity index (χ2v) is 5.85. The molecule has 1 heterocycles.